The number of aromatic nitrogens is 2. The van der Waals surface area contributed by atoms with E-state index in [0.29, 0.717) is 6.42 Å². The molecule has 0 fully saturated rings. The zero-order valence-corrected chi connectivity index (χ0v) is 13.5. The predicted octanol–water partition coefficient (Wildman–Crippen LogP) is 4.31. The second kappa shape index (κ2) is 7.12. The Hall–Kier alpha value is -2.58. The Kier molecular flexibility index (Phi) is 4.74. The molecule has 0 spiro atoms. The van der Waals surface area contributed by atoms with Crippen LogP contribution in [0.5, 0.6) is 5.75 Å². The first-order valence-corrected chi connectivity index (χ1v) is 8.19. The van der Waals surface area contributed by atoms with Crippen LogP contribution in [-0.4, -0.2) is 22.8 Å². The van der Waals surface area contributed by atoms with Crippen molar-refractivity contribution in [2.24, 2.45) is 0 Å². The number of methoxy groups -OCH3 is 1. The number of rotatable bonds is 5. The molecule has 3 rings (SSSR count). The van der Waals surface area contributed by atoms with Gasteiger partial charge in [0.15, 0.2) is 0 Å². The maximum absolute atomic E-state index is 8.71. The van der Waals surface area contributed by atoms with Crippen molar-refractivity contribution in [2.75, 3.05) is 12.9 Å². The number of benzene rings is 1. The topological polar surface area (TPSA) is 58.8 Å². The lowest BCUT2D eigenvalue weighted by atomic mass is 10.0. The van der Waals surface area contributed by atoms with Crippen molar-refractivity contribution in [3.8, 4) is 22.9 Å². The number of hydrogen-bond acceptors (Lipinski definition) is 5. The van der Waals surface area contributed by atoms with E-state index in [9.17, 15) is 0 Å². The van der Waals surface area contributed by atoms with E-state index in [2.05, 4.69) is 17.1 Å². The van der Waals surface area contributed by atoms with Crippen LogP contribution in [-0.2, 0) is 0 Å². The lowest BCUT2D eigenvalue weighted by Gasteiger charge is -2.10. The molecule has 2 heterocycles. The molecule has 4 nitrogen and oxygen atoms in total. The molecule has 0 saturated heterocycles. The maximum atomic E-state index is 8.71. The highest BCUT2D eigenvalue weighted by Crippen LogP contribution is 2.33. The van der Waals surface area contributed by atoms with Crippen molar-refractivity contribution >= 4 is 22.7 Å². The standard InChI is InChI=1S/C18H15N3OS/c1-22-14-5-6-15-16(13-4-2-8-20-12-13)11-18(21-17(15)10-14)23-9-3-7-19/h2,4-6,8,10-12H,3,9H2,1H3. The molecule has 0 unspecified atom stereocenters. The summed E-state index contributed by atoms with van der Waals surface area (Å²) in [6, 6.07) is 14.1. The molecule has 0 N–H and O–H groups in total. The minimum absolute atomic E-state index is 0.505. The summed E-state index contributed by atoms with van der Waals surface area (Å²) in [5.74, 6) is 1.51. The molecule has 2 aromatic heterocycles. The SMILES string of the molecule is COc1ccc2c(-c3cccnc3)cc(SCCC#N)nc2c1. The molecular weight excluding hydrogens is 306 g/mol. The van der Waals surface area contributed by atoms with Gasteiger partial charge >= 0.3 is 0 Å². The van der Waals surface area contributed by atoms with E-state index in [4.69, 9.17) is 15.0 Å². The van der Waals surface area contributed by atoms with Crippen LogP contribution in [0.4, 0.5) is 0 Å². The highest BCUT2D eigenvalue weighted by molar-refractivity contribution is 7.99. The predicted molar refractivity (Wildman–Crippen MR) is 92.5 cm³/mol. The Morgan fingerprint density at radius 2 is 2.17 bits per heavy atom. The van der Waals surface area contributed by atoms with Crippen LogP contribution in [0.15, 0.2) is 53.8 Å². The first kappa shape index (κ1) is 15.3. The van der Waals surface area contributed by atoms with E-state index >= 15 is 0 Å². The molecule has 114 valence electrons. The van der Waals surface area contributed by atoms with E-state index in [1.54, 1.807) is 25.1 Å². The molecule has 23 heavy (non-hydrogen) atoms. The fraction of sp³-hybridized carbons (Fsp3) is 0.167. The third-order valence-corrected chi connectivity index (χ3v) is 4.34. The third-order valence-electron chi connectivity index (χ3n) is 3.43. The van der Waals surface area contributed by atoms with Crippen molar-refractivity contribution in [2.45, 2.75) is 11.4 Å². The molecule has 0 bridgehead atoms. The second-order valence-corrected chi connectivity index (χ2v) is 6.00. The second-order valence-electron chi connectivity index (χ2n) is 4.89. The smallest absolute Gasteiger partial charge is 0.121 e. The fourth-order valence-electron chi connectivity index (χ4n) is 2.35. The van der Waals surface area contributed by atoms with Gasteiger partial charge in [-0.25, -0.2) is 4.98 Å². The minimum Gasteiger partial charge on any atom is -0.497 e. The molecular formula is C18H15N3OS. The number of fused-ring (bicyclic) bond motifs is 1. The summed E-state index contributed by atoms with van der Waals surface area (Å²) in [4.78, 5) is 8.91. The zero-order chi connectivity index (χ0) is 16.1. The molecule has 0 aliphatic carbocycles. The highest BCUT2D eigenvalue weighted by Gasteiger charge is 2.09. The molecule has 0 atom stereocenters. The van der Waals surface area contributed by atoms with Gasteiger partial charge in [-0.05, 0) is 29.8 Å². The molecule has 0 aliphatic heterocycles. The van der Waals surface area contributed by atoms with Gasteiger partial charge in [-0.3, -0.25) is 4.98 Å². The lowest BCUT2D eigenvalue weighted by Crippen LogP contribution is -1.91. The van der Waals surface area contributed by atoms with Gasteiger partial charge in [-0.2, -0.15) is 5.26 Å². The van der Waals surface area contributed by atoms with Crippen molar-refractivity contribution < 1.29 is 4.74 Å². The Balaban J connectivity index is 2.13. The van der Waals surface area contributed by atoms with E-state index in [1.165, 1.54) is 0 Å². The number of nitriles is 1. The van der Waals surface area contributed by atoms with Crippen molar-refractivity contribution in [1.82, 2.24) is 9.97 Å². The molecule has 0 saturated carbocycles. The van der Waals surface area contributed by atoms with Crippen LogP contribution in [0.3, 0.4) is 0 Å². The quantitative estimate of drug-likeness (QED) is 0.517. The average Bonchev–Trinajstić information content (AvgIpc) is 2.61. The summed E-state index contributed by atoms with van der Waals surface area (Å²) in [7, 11) is 1.65. The third kappa shape index (κ3) is 3.43. The fourth-order valence-corrected chi connectivity index (χ4v) is 3.11. The molecule has 0 radical (unpaired) electrons. The van der Waals surface area contributed by atoms with E-state index in [-0.39, 0.29) is 0 Å². The van der Waals surface area contributed by atoms with E-state index in [0.717, 1.165) is 38.6 Å². The number of pyridine rings is 2. The van der Waals surface area contributed by atoms with E-state index < -0.39 is 0 Å². The van der Waals surface area contributed by atoms with Gasteiger partial charge in [0.2, 0.25) is 0 Å². The average molecular weight is 321 g/mol. The number of hydrogen-bond donors (Lipinski definition) is 0. The van der Waals surface area contributed by atoms with Crippen LogP contribution in [0.1, 0.15) is 6.42 Å². The Morgan fingerprint density at radius 1 is 1.26 bits per heavy atom. The van der Waals surface area contributed by atoms with Crippen LogP contribution in [0, 0.1) is 11.3 Å². The monoisotopic (exact) mass is 321 g/mol. The number of nitrogens with zero attached hydrogens (tertiary/aromatic N) is 3. The van der Waals surface area contributed by atoms with E-state index in [1.807, 2.05) is 36.5 Å². The minimum atomic E-state index is 0.505. The molecule has 5 heteroatoms. The van der Waals surface area contributed by atoms with Gasteiger partial charge in [0.25, 0.3) is 0 Å². The summed E-state index contributed by atoms with van der Waals surface area (Å²) in [6.45, 7) is 0. The van der Waals surface area contributed by atoms with Crippen molar-refractivity contribution in [3.05, 3.63) is 48.8 Å². The first-order valence-electron chi connectivity index (χ1n) is 7.21. The highest BCUT2D eigenvalue weighted by atomic mass is 32.2. The van der Waals surface area contributed by atoms with Gasteiger partial charge in [0, 0.05) is 41.6 Å². The van der Waals surface area contributed by atoms with Crippen molar-refractivity contribution in [1.29, 1.82) is 5.26 Å². The van der Waals surface area contributed by atoms with Crippen LogP contribution in [0.25, 0.3) is 22.0 Å². The molecule has 0 aliphatic rings. The molecule has 1 aromatic carbocycles. The number of thioether (sulfide) groups is 1. The van der Waals surface area contributed by atoms with Crippen LogP contribution in [0.2, 0.25) is 0 Å². The number of ether oxygens (including phenoxy) is 1. The molecule has 0 amide bonds. The van der Waals surface area contributed by atoms with Gasteiger partial charge < -0.3 is 4.74 Å². The largest absolute Gasteiger partial charge is 0.497 e. The summed E-state index contributed by atoms with van der Waals surface area (Å²) < 4.78 is 5.30. The summed E-state index contributed by atoms with van der Waals surface area (Å²) in [5, 5.41) is 10.7. The Bertz CT molecular complexity index is 859. The Labute approximate surface area is 139 Å². The van der Waals surface area contributed by atoms with Gasteiger partial charge in [-0.15, -0.1) is 11.8 Å². The first-order chi connectivity index (χ1) is 11.3. The summed E-state index contributed by atoms with van der Waals surface area (Å²) in [6.07, 6.45) is 4.12. The summed E-state index contributed by atoms with van der Waals surface area (Å²) in [5.41, 5.74) is 3.02. The lowest BCUT2D eigenvalue weighted by molar-refractivity contribution is 0.415. The summed E-state index contributed by atoms with van der Waals surface area (Å²) >= 11 is 1.59. The zero-order valence-electron chi connectivity index (χ0n) is 12.7. The maximum Gasteiger partial charge on any atom is 0.121 e. The van der Waals surface area contributed by atoms with Crippen LogP contribution >= 0.6 is 11.8 Å². The Morgan fingerprint density at radius 3 is 2.91 bits per heavy atom. The van der Waals surface area contributed by atoms with Gasteiger partial charge in [-0.1, -0.05) is 6.07 Å². The van der Waals surface area contributed by atoms with Gasteiger partial charge in [0.05, 0.1) is 23.7 Å². The normalized spacial score (nSPS) is 10.4. The van der Waals surface area contributed by atoms with Gasteiger partial charge in [0.1, 0.15) is 5.75 Å². The molecule has 3 aromatic rings. The van der Waals surface area contributed by atoms with Crippen LogP contribution < -0.4 is 4.74 Å². The van der Waals surface area contributed by atoms with Crippen molar-refractivity contribution in [3.63, 3.8) is 0 Å².